The molecular weight excluding hydrogens is 390 g/mol. The number of nitrogens with one attached hydrogen (secondary N) is 1. The van der Waals surface area contributed by atoms with Gasteiger partial charge in [0.25, 0.3) is 15.9 Å². The molecule has 0 saturated carbocycles. The van der Waals surface area contributed by atoms with Crippen molar-refractivity contribution < 1.29 is 21.6 Å². The summed E-state index contributed by atoms with van der Waals surface area (Å²) in [6.07, 6.45) is 5.99. The Hall–Kier alpha value is -2.46. The minimum atomic E-state index is -3.58. The number of amides is 1. The minimum absolute atomic E-state index is 0.0984. The molecule has 2 heterocycles. The summed E-state index contributed by atoms with van der Waals surface area (Å²) >= 11 is 0. The van der Waals surface area contributed by atoms with E-state index in [1.165, 1.54) is 18.2 Å². The number of rotatable bonds is 4. The first-order chi connectivity index (χ1) is 12.6. The van der Waals surface area contributed by atoms with Crippen molar-refractivity contribution in [1.82, 2.24) is 10.2 Å². The van der Waals surface area contributed by atoms with Crippen LogP contribution < -0.4 is 5.32 Å². The van der Waals surface area contributed by atoms with Crippen molar-refractivity contribution in [2.24, 2.45) is 4.40 Å². The number of hydrogen-bond donors (Lipinski definition) is 1. The highest BCUT2D eigenvalue weighted by atomic mass is 32.2. The van der Waals surface area contributed by atoms with E-state index >= 15 is 0 Å². The Morgan fingerprint density at radius 3 is 2.56 bits per heavy atom. The van der Waals surface area contributed by atoms with E-state index in [1.54, 1.807) is 36.2 Å². The smallest absolute Gasteiger partial charge is 0.256 e. The second kappa shape index (κ2) is 6.93. The largest absolute Gasteiger partial charge is 0.345 e. The van der Waals surface area contributed by atoms with Crippen molar-refractivity contribution in [3.8, 4) is 0 Å². The van der Waals surface area contributed by atoms with Crippen LogP contribution in [0.4, 0.5) is 0 Å². The molecule has 0 unspecified atom stereocenters. The molecule has 1 aromatic carbocycles. The fourth-order valence-electron chi connectivity index (χ4n) is 2.75. The summed E-state index contributed by atoms with van der Waals surface area (Å²) in [4.78, 5) is 14.5. The zero-order chi connectivity index (χ0) is 19.8. The maximum Gasteiger partial charge on any atom is 0.256 e. The van der Waals surface area contributed by atoms with Gasteiger partial charge in [-0.25, -0.2) is 16.8 Å². The molecule has 27 heavy (non-hydrogen) atoms. The maximum absolute atomic E-state index is 12.7. The fraction of sp³-hybridized carbons (Fsp3) is 0.294. The molecular formula is C17H19N3O5S2. The van der Waals surface area contributed by atoms with Gasteiger partial charge in [0.2, 0.25) is 0 Å². The van der Waals surface area contributed by atoms with Crippen molar-refractivity contribution in [3.05, 3.63) is 53.8 Å². The van der Waals surface area contributed by atoms with Crippen LogP contribution in [0.3, 0.4) is 0 Å². The summed E-state index contributed by atoms with van der Waals surface area (Å²) in [5, 5.41) is 2.79. The second-order valence-electron chi connectivity index (χ2n) is 6.35. The molecule has 0 aromatic heterocycles. The number of carbonyl (C=O) groups is 1. The van der Waals surface area contributed by atoms with Crippen LogP contribution in [0.15, 0.2) is 57.5 Å². The van der Waals surface area contributed by atoms with E-state index in [0.717, 1.165) is 11.8 Å². The molecule has 1 atom stereocenters. The highest BCUT2D eigenvalue weighted by molar-refractivity contribution is 7.90. The standard InChI is InChI=1S/C17H19N3O5S2/c1-12(13-5-7-14(8-6-13)26(2,22)23)18-17(21)15-4-3-9-20-10-11-27(24,25)19-16(15)20/h3-9,12H,10-11H2,1-2H3,(H,18,21)/t12-/m1/s1. The van der Waals surface area contributed by atoms with Crippen molar-refractivity contribution >= 4 is 31.6 Å². The van der Waals surface area contributed by atoms with Crippen molar-refractivity contribution in [3.63, 3.8) is 0 Å². The Kier molecular flexibility index (Phi) is 4.96. The van der Waals surface area contributed by atoms with Gasteiger partial charge in [-0.05, 0) is 36.8 Å². The Morgan fingerprint density at radius 1 is 1.26 bits per heavy atom. The highest BCUT2D eigenvalue weighted by Gasteiger charge is 2.30. The van der Waals surface area contributed by atoms with Gasteiger partial charge in [-0.1, -0.05) is 12.1 Å². The fourth-order valence-corrected chi connectivity index (χ4v) is 4.37. The van der Waals surface area contributed by atoms with E-state index in [4.69, 9.17) is 0 Å². The van der Waals surface area contributed by atoms with Crippen LogP contribution >= 0.6 is 0 Å². The number of nitrogens with zero attached hydrogens (tertiary/aromatic N) is 2. The van der Waals surface area contributed by atoms with E-state index in [0.29, 0.717) is 0 Å². The van der Waals surface area contributed by atoms with Crippen molar-refractivity contribution in [2.45, 2.75) is 17.9 Å². The molecule has 0 saturated heterocycles. The molecule has 3 rings (SSSR count). The zero-order valence-corrected chi connectivity index (χ0v) is 16.4. The SMILES string of the molecule is C[C@@H](NC(=O)C1=CC=CN2CCS(=O)(=O)N=C12)c1ccc(S(C)(=O)=O)cc1. The molecule has 0 aliphatic carbocycles. The summed E-state index contributed by atoms with van der Waals surface area (Å²) < 4.78 is 50.4. The van der Waals surface area contributed by atoms with Gasteiger partial charge in [0.1, 0.15) is 0 Å². The van der Waals surface area contributed by atoms with Crippen LogP contribution in [0, 0.1) is 0 Å². The Bertz CT molecular complexity index is 1070. The first-order valence-corrected chi connectivity index (χ1v) is 11.7. The summed E-state index contributed by atoms with van der Waals surface area (Å²) in [7, 11) is -6.88. The van der Waals surface area contributed by atoms with Crippen LogP contribution in [0.2, 0.25) is 0 Å². The van der Waals surface area contributed by atoms with Gasteiger partial charge < -0.3 is 10.2 Å². The molecule has 1 amide bonds. The third-order valence-corrected chi connectivity index (χ3v) is 6.54. The Labute approximate surface area is 158 Å². The van der Waals surface area contributed by atoms with Crippen LogP contribution in [-0.4, -0.2) is 52.0 Å². The van der Waals surface area contributed by atoms with Gasteiger partial charge in [0.05, 0.1) is 22.3 Å². The maximum atomic E-state index is 12.7. The summed E-state index contributed by atoms with van der Waals surface area (Å²) in [6, 6.07) is 5.81. The first-order valence-electron chi connectivity index (χ1n) is 8.16. The third-order valence-electron chi connectivity index (χ3n) is 4.26. The first kappa shape index (κ1) is 19.3. The van der Waals surface area contributed by atoms with Gasteiger partial charge in [0, 0.05) is 19.0 Å². The lowest BCUT2D eigenvalue weighted by atomic mass is 10.1. The average Bonchev–Trinajstić information content (AvgIpc) is 2.59. The molecule has 1 N–H and O–H groups in total. The molecule has 0 radical (unpaired) electrons. The molecule has 2 aliphatic rings. The molecule has 10 heteroatoms. The molecule has 144 valence electrons. The normalized spacial score (nSPS) is 19.6. The molecule has 0 bridgehead atoms. The number of carbonyl (C=O) groups excluding carboxylic acids is 1. The van der Waals surface area contributed by atoms with Crippen LogP contribution in [-0.2, 0) is 24.7 Å². The highest BCUT2D eigenvalue weighted by Crippen LogP contribution is 2.20. The van der Waals surface area contributed by atoms with E-state index in [1.807, 2.05) is 0 Å². The number of hydrogen-bond acceptors (Lipinski definition) is 6. The van der Waals surface area contributed by atoms with Gasteiger partial charge in [0.15, 0.2) is 15.7 Å². The number of sulfonamides is 1. The molecule has 2 aliphatic heterocycles. The second-order valence-corrected chi connectivity index (χ2v) is 10.1. The summed E-state index contributed by atoms with van der Waals surface area (Å²) in [6.45, 7) is 1.99. The third kappa shape index (κ3) is 4.28. The van der Waals surface area contributed by atoms with E-state index in [9.17, 15) is 21.6 Å². The van der Waals surface area contributed by atoms with Gasteiger partial charge >= 0.3 is 0 Å². The van der Waals surface area contributed by atoms with Crippen LogP contribution in [0.25, 0.3) is 0 Å². The zero-order valence-electron chi connectivity index (χ0n) is 14.8. The predicted octanol–water partition coefficient (Wildman–Crippen LogP) is 0.765. The van der Waals surface area contributed by atoms with Crippen LogP contribution in [0.1, 0.15) is 18.5 Å². The van der Waals surface area contributed by atoms with E-state index in [2.05, 4.69) is 9.71 Å². The average molecular weight is 409 g/mol. The molecule has 0 fully saturated rings. The monoisotopic (exact) mass is 409 g/mol. The van der Waals surface area contributed by atoms with Gasteiger partial charge in [-0.2, -0.15) is 0 Å². The lowest BCUT2D eigenvalue weighted by Crippen LogP contribution is -2.42. The molecule has 8 nitrogen and oxygen atoms in total. The van der Waals surface area contributed by atoms with Crippen molar-refractivity contribution in [1.29, 1.82) is 0 Å². The van der Waals surface area contributed by atoms with Crippen molar-refractivity contribution in [2.75, 3.05) is 18.6 Å². The number of amidine groups is 1. The lowest BCUT2D eigenvalue weighted by molar-refractivity contribution is -0.117. The number of fused-ring (bicyclic) bond motifs is 1. The van der Waals surface area contributed by atoms with E-state index in [-0.39, 0.29) is 28.6 Å². The van der Waals surface area contributed by atoms with Gasteiger partial charge in [-0.15, -0.1) is 4.40 Å². The lowest BCUT2D eigenvalue weighted by Gasteiger charge is -2.29. The Morgan fingerprint density at radius 2 is 1.93 bits per heavy atom. The topological polar surface area (TPSA) is 113 Å². The quantitative estimate of drug-likeness (QED) is 0.786. The summed E-state index contributed by atoms with van der Waals surface area (Å²) in [5.74, 6) is -0.445. The number of benzene rings is 1. The van der Waals surface area contributed by atoms with E-state index < -0.39 is 31.8 Å². The predicted molar refractivity (Wildman–Crippen MR) is 101 cm³/mol. The van der Waals surface area contributed by atoms with Crippen LogP contribution in [0.5, 0.6) is 0 Å². The summed E-state index contributed by atoms with van der Waals surface area (Å²) in [5.41, 5.74) is 0.887. The van der Waals surface area contributed by atoms with Gasteiger partial charge in [-0.3, -0.25) is 4.79 Å². The molecule has 1 aromatic rings. The number of sulfone groups is 1. The molecule has 0 spiro atoms. The number of allylic oxidation sites excluding steroid dienone is 2. The Balaban J connectivity index is 1.79. The minimum Gasteiger partial charge on any atom is -0.345 e.